The summed E-state index contributed by atoms with van der Waals surface area (Å²) in [6, 6.07) is 10.8. The molecule has 0 saturated carbocycles. The molecule has 0 spiro atoms. The van der Waals surface area contributed by atoms with Gasteiger partial charge in [-0.2, -0.15) is 0 Å². The third kappa shape index (κ3) is 3.15. The van der Waals surface area contributed by atoms with Crippen molar-refractivity contribution in [2.45, 2.75) is 4.83 Å². The fourth-order valence-electron chi connectivity index (χ4n) is 1.90. The van der Waals surface area contributed by atoms with Gasteiger partial charge in [-0.25, -0.2) is 4.39 Å². The highest BCUT2D eigenvalue weighted by Crippen LogP contribution is 2.39. The molecule has 2 nitrogen and oxygen atoms in total. The summed E-state index contributed by atoms with van der Waals surface area (Å²) in [7, 11) is 3.15. The van der Waals surface area contributed by atoms with Crippen molar-refractivity contribution in [3.8, 4) is 11.5 Å². The van der Waals surface area contributed by atoms with Crippen molar-refractivity contribution in [2.75, 3.05) is 14.2 Å². The van der Waals surface area contributed by atoms with Crippen LogP contribution in [0.3, 0.4) is 0 Å². The van der Waals surface area contributed by atoms with E-state index in [0.29, 0.717) is 10.2 Å². The van der Waals surface area contributed by atoms with Gasteiger partial charge in [-0.05, 0) is 39.7 Å². The fraction of sp³-hybridized carbons (Fsp3) is 0.200. The Kier molecular flexibility index (Phi) is 5.05. The average Bonchev–Trinajstić information content (AvgIpc) is 2.48. The van der Waals surface area contributed by atoms with Gasteiger partial charge < -0.3 is 9.47 Å². The van der Waals surface area contributed by atoms with E-state index < -0.39 is 0 Å². The van der Waals surface area contributed by atoms with Crippen molar-refractivity contribution in [3.63, 3.8) is 0 Å². The molecule has 2 aromatic carbocycles. The van der Waals surface area contributed by atoms with Crippen LogP contribution in [0.25, 0.3) is 0 Å². The van der Waals surface area contributed by atoms with Crippen LogP contribution < -0.4 is 9.47 Å². The molecule has 0 aliphatic rings. The maximum Gasteiger partial charge on any atom is 0.141 e. The second kappa shape index (κ2) is 6.59. The molecule has 0 aromatic heterocycles. The lowest BCUT2D eigenvalue weighted by molar-refractivity contribution is 0.406. The van der Waals surface area contributed by atoms with Gasteiger partial charge in [0.2, 0.25) is 0 Å². The first-order chi connectivity index (χ1) is 9.56. The van der Waals surface area contributed by atoms with Crippen LogP contribution in [0, 0.1) is 5.82 Å². The molecule has 0 fully saturated rings. The number of methoxy groups -OCH3 is 2. The molecule has 2 aromatic rings. The number of halogens is 3. The predicted octanol–water partition coefficient (Wildman–Crippen LogP) is 5.09. The van der Waals surface area contributed by atoms with Gasteiger partial charge in [-0.3, -0.25) is 0 Å². The van der Waals surface area contributed by atoms with Crippen LogP contribution >= 0.6 is 31.9 Å². The monoisotopic (exact) mass is 402 g/mol. The molecule has 5 heteroatoms. The van der Waals surface area contributed by atoms with Crippen LogP contribution in [-0.2, 0) is 0 Å². The Morgan fingerprint density at radius 1 is 1.10 bits per heavy atom. The minimum absolute atomic E-state index is 0.121. The van der Waals surface area contributed by atoms with Crippen LogP contribution in [0.5, 0.6) is 11.5 Å². The van der Waals surface area contributed by atoms with Gasteiger partial charge >= 0.3 is 0 Å². The smallest absolute Gasteiger partial charge is 0.141 e. The van der Waals surface area contributed by atoms with E-state index >= 15 is 0 Å². The predicted molar refractivity (Wildman–Crippen MR) is 84.4 cm³/mol. The number of benzene rings is 2. The van der Waals surface area contributed by atoms with Crippen LogP contribution in [0.4, 0.5) is 4.39 Å². The van der Waals surface area contributed by atoms with E-state index in [9.17, 15) is 4.39 Å². The van der Waals surface area contributed by atoms with E-state index in [4.69, 9.17) is 9.47 Å². The number of hydrogen-bond acceptors (Lipinski definition) is 2. The zero-order chi connectivity index (χ0) is 14.7. The summed E-state index contributed by atoms with van der Waals surface area (Å²) < 4.78 is 24.4. The zero-order valence-corrected chi connectivity index (χ0v) is 14.2. The highest BCUT2D eigenvalue weighted by atomic mass is 79.9. The van der Waals surface area contributed by atoms with Crippen molar-refractivity contribution in [2.24, 2.45) is 0 Å². The molecule has 0 aliphatic heterocycles. The molecule has 0 heterocycles. The van der Waals surface area contributed by atoms with Gasteiger partial charge in [0.05, 0.1) is 23.5 Å². The molecule has 20 heavy (non-hydrogen) atoms. The van der Waals surface area contributed by atoms with E-state index in [1.165, 1.54) is 13.2 Å². The topological polar surface area (TPSA) is 18.5 Å². The first-order valence-electron chi connectivity index (χ1n) is 5.87. The SMILES string of the molecule is COc1cccc(C(Br)c2cc(Br)c(F)cc2OC)c1. The number of alkyl halides is 1. The molecular weight excluding hydrogens is 391 g/mol. The highest BCUT2D eigenvalue weighted by Gasteiger charge is 2.18. The molecule has 0 radical (unpaired) electrons. The van der Waals surface area contributed by atoms with Crippen molar-refractivity contribution < 1.29 is 13.9 Å². The lowest BCUT2D eigenvalue weighted by Gasteiger charge is -2.16. The van der Waals surface area contributed by atoms with Crippen molar-refractivity contribution >= 4 is 31.9 Å². The van der Waals surface area contributed by atoms with Crippen molar-refractivity contribution in [1.29, 1.82) is 0 Å². The number of hydrogen-bond donors (Lipinski definition) is 0. The largest absolute Gasteiger partial charge is 0.497 e. The maximum atomic E-state index is 13.6. The van der Waals surface area contributed by atoms with Gasteiger partial charge in [0, 0.05) is 11.6 Å². The fourth-order valence-corrected chi connectivity index (χ4v) is 2.90. The molecule has 0 aliphatic carbocycles. The summed E-state index contributed by atoms with van der Waals surface area (Å²) in [5.41, 5.74) is 1.84. The Balaban J connectivity index is 2.46. The summed E-state index contributed by atoms with van der Waals surface area (Å²) in [6.45, 7) is 0. The van der Waals surface area contributed by atoms with E-state index in [-0.39, 0.29) is 10.6 Å². The summed E-state index contributed by atoms with van der Waals surface area (Å²) in [6.07, 6.45) is 0. The Labute approximate surface area is 134 Å². The van der Waals surface area contributed by atoms with Crippen LogP contribution in [0.2, 0.25) is 0 Å². The van der Waals surface area contributed by atoms with Crippen molar-refractivity contribution in [1.82, 2.24) is 0 Å². The summed E-state index contributed by atoms with van der Waals surface area (Å²) in [5, 5.41) is 0. The van der Waals surface area contributed by atoms with E-state index in [0.717, 1.165) is 16.9 Å². The summed E-state index contributed by atoms with van der Waals surface area (Å²) >= 11 is 6.83. The molecule has 1 unspecified atom stereocenters. The normalized spacial score (nSPS) is 12.1. The first kappa shape index (κ1) is 15.3. The Bertz CT molecular complexity index is 617. The van der Waals surface area contributed by atoms with Crippen LogP contribution in [0.15, 0.2) is 40.9 Å². The first-order valence-corrected chi connectivity index (χ1v) is 7.58. The third-order valence-electron chi connectivity index (χ3n) is 2.93. The highest BCUT2D eigenvalue weighted by molar-refractivity contribution is 9.10. The van der Waals surface area contributed by atoms with Crippen LogP contribution in [-0.4, -0.2) is 14.2 Å². The quantitative estimate of drug-likeness (QED) is 0.662. The molecule has 2 rings (SSSR count). The van der Waals surface area contributed by atoms with Gasteiger partial charge in [0.25, 0.3) is 0 Å². The van der Waals surface area contributed by atoms with Gasteiger partial charge in [0.1, 0.15) is 17.3 Å². The van der Waals surface area contributed by atoms with Crippen molar-refractivity contribution in [3.05, 3.63) is 57.8 Å². The number of ether oxygens (including phenoxy) is 2. The zero-order valence-electron chi connectivity index (χ0n) is 11.0. The van der Waals surface area contributed by atoms with E-state index in [1.54, 1.807) is 13.2 Å². The number of rotatable bonds is 4. The van der Waals surface area contributed by atoms with Crippen LogP contribution in [0.1, 0.15) is 16.0 Å². The average molecular weight is 404 g/mol. The molecule has 106 valence electrons. The minimum Gasteiger partial charge on any atom is -0.497 e. The Morgan fingerprint density at radius 2 is 1.85 bits per heavy atom. The molecule has 0 bridgehead atoms. The summed E-state index contributed by atoms with van der Waals surface area (Å²) in [4.78, 5) is -0.121. The standard InChI is InChI=1S/C15H13Br2FO2/c1-19-10-5-3-4-9(6-10)15(17)11-7-12(16)13(18)8-14(11)20-2/h3-8,15H,1-2H3. The lowest BCUT2D eigenvalue weighted by atomic mass is 10.0. The van der Waals surface area contributed by atoms with Gasteiger partial charge in [-0.15, -0.1) is 0 Å². The molecule has 1 atom stereocenters. The third-order valence-corrected chi connectivity index (χ3v) is 4.56. The molecule has 0 saturated heterocycles. The second-order valence-corrected chi connectivity index (χ2v) is 5.92. The van der Waals surface area contributed by atoms with Gasteiger partial charge in [-0.1, -0.05) is 28.1 Å². The Hall–Kier alpha value is -1.07. The Morgan fingerprint density at radius 3 is 2.50 bits per heavy atom. The second-order valence-electron chi connectivity index (χ2n) is 4.15. The molecule has 0 amide bonds. The summed E-state index contributed by atoms with van der Waals surface area (Å²) in [5.74, 6) is 0.915. The lowest BCUT2D eigenvalue weighted by Crippen LogP contribution is -1.99. The van der Waals surface area contributed by atoms with E-state index in [1.807, 2.05) is 24.3 Å². The van der Waals surface area contributed by atoms with Gasteiger partial charge in [0.15, 0.2) is 0 Å². The van der Waals surface area contributed by atoms with E-state index in [2.05, 4.69) is 31.9 Å². The molecular formula is C15H13Br2FO2. The minimum atomic E-state index is -0.351. The molecule has 0 N–H and O–H groups in total. The maximum absolute atomic E-state index is 13.6.